The van der Waals surface area contributed by atoms with E-state index in [0.29, 0.717) is 23.0 Å². The van der Waals surface area contributed by atoms with Gasteiger partial charge in [0.25, 0.3) is 0 Å². The first-order valence-corrected chi connectivity index (χ1v) is 7.57. The van der Waals surface area contributed by atoms with Crippen LogP contribution in [0, 0.1) is 5.82 Å². The number of aromatic nitrogens is 2. The number of hydrogen-bond acceptors (Lipinski definition) is 5. The predicted molar refractivity (Wildman–Crippen MR) is 93.6 cm³/mol. The SMILES string of the molecule is Nc1c(Nc2ccc(F)cc2)ncnc1Nc1ccc(Br)cc1. The second-order valence-electron chi connectivity index (χ2n) is 4.75. The van der Waals surface area contributed by atoms with E-state index in [1.807, 2.05) is 24.3 Å². The first-order chi connectivity index (χ1) is 11.1. The maximum Gasteiger partial charge on any atom is 0.159 e. The van der Waals surface area contributed by atoms with Crippen LogP contribution < -0.4 is 16.4 Å². The lowest BCUT2D eigenvalue weighted by Gasteiger charge is -2.12. The van der Waals surface area contributed by atoms with E-state index in [-0.39, 0.29) is 5.82 Å². The van der Waals surface area contributed by atoms with Crippen molar-refractivity contribution in [3.8, 4) is 0 Å². The predicted octanol–water partition coefficient (Wildman–Crippen LogP) is 4.45. The minimum absolute atomic E-state index is 0.302. The van der Waals surface area contributed by atoms with Crippen LogP contribution in [0.1, 0.15) is 0 Å². The van der Waals surface area contributed by atoms with E-state index >= 15 is 0 Å². The zero-order chi connectivity index (χ0) is 16.2. The molecule has 0 radical (unpaired) electrons. The molecule has 0 fully saturated rings. The summed E-state index contributed by atoms with van der Waals surface area (Å²) in [6, 6.07) is 13.6. The van der Waals surface area contributed by atoms with Gasteiger partial charge in [0.1, 0.15) is 17.8 Å². The Kier molecular flexibility index (Phi) is 4.38. The lowest BCUT2D eigenvalue weighted by molar-refractivity contribution is 0.628. The molecule has 3 rings (SSSR count). The summed E-state index contributed by atoms with van der Waals surface area (Å²) >= 11 is 3.38. The maximum atomic E-state index is 12.9. The van der Waals surface area contributed by atoms with Crippen LogP contribution in [0.3, 0.4) is 0 Å². The molecule has 2 aromatic carbocycles. The van der Waals surface area contributed by atoms with Crippen LogP contribution in [-0.4, -0.2) is 9.97 Å². The molecule has 0 amide bonds. The summed E-state index contributed by atoms with van der Waals surface area (Å²) in [5.41, 5.74) is 8.02. The van der Waals surface area contributed by atoms with Crippen LogP contribution in [0.25, 0.3) is 0 Å². The fourth-order valence-electron chi connectivity index (χ4n) is 1.93. The minimum Gasteiger partial charge on any atom is -0.393 e. The van der Waals surface area contributed by atoms with Gasteiger partial charge in [0.2, 0.25) is 0 Å². The molecule has 116 valence electrons. The molecule has 0 saturated carbocycles. The van der Waals surface area contributed by atoms with Gasteiger partial charge in [-0.05, 0) is 48.5 Å². The monoisotopic (exact) mass is 373 g/mol. The number of benzene rings is 2. The number of halogens is 2. The van der Waals surface area contributed by atoms with Crippen LogP contribution in [-0.2, 0) is 0 Å². The Morgan fingerprint density at radius 2 is 1.30 bits per heavy atom. The van der Waals surface area contributed by atoms with Crippen molar-refractivity contribution >= 4 is 44.6 Å². The van der Waals surface area contributed by atoms with E-state index in [1.54, 1.807) is 12.1 Å². The van der Waals surface area contributed by atoms with Crippen molar-refractivity contribution in [3.63, 3.8) is 0 Å². The van der Waals surface area contributed by atoms with Crippen molar-refractivity contribution in [3.05, 3.63) is 65.1 Å². The molecule has 0 aliphatic heterocycles. The Morgan fingerprint density at radius 1 is 0.826 bits per heavy atom. The molecule has 0 unspecified atom stereocenters. The zero-order valence-electron chi connectivity index (χ0n) is 11.9. The lowest BCUT2D eigenvalue weighted by atomic mass is 10.3. The molecule has 0 atom stereocenters. The van der Waals surface area contributed by atoms with Gasteiger partial charge in [-0.25, -0.2) is 14.4 Å². The fraction of sp³-hybridized carbons (Fsp3) is 0. The van der Waals surface area contributed by atoms with E-state index < -0.39 is 0 Å². The van der Waals surface area contributed by atoms with Crippen LogP contribution in [0.4, 0.5) is 33.1 Å². The average molecular weight is 374 g/mol. The van der Waals surface area contributed by atoms with E-state index in [2.05, 4.69) is 36.5 Å². The van der Waals surface area contributed by atoms with Gasteiger partial charge in [-0.3, -0.25) is 0 Å². The Morgan fingerprint density at radius 3 is 1.83 bits per heavy atom. The van der Waals surface area contributed by atoms with Gasteiger partial charge < -0.3 is 16.4 Å². The van der Waals surface area contributed by atoms with Crippen LogP contribution in [0.15, 0.2) is 59.3 Å². The Bertz CT molecular complexity index is 740. The second-order valence-corrected chi connectivity index (χ2v) is 5.66. The molecule has 4 N–H and O–H groups in total. The number of nitrogens with zero attached hydrogens (tertiary/aromatic N) is 2. The molecular weight excluding hydrogens is 361 g/mol. The van der Waals surface area contributed by atoms with Crippen molar-refractivity contribution in [2.24, 2.45) is 0 Å². The third kappa shape index (κ3) is 3.75. The molecular formula is C16H13BrFN5. The van der Waals surface area contributed by atoms with Crippen LogP contribution in [0.2, 0.25) is 0 Å². The Balaban J connectivity index is 1.83. The summed E-state index contributed by atoms with van der Waals surface area (Å²) in [6.07, 6.45) is 1.41. The number of nitrogen functional groups attached to an aromatic ring is 1. The topological polar surface area (TPSA) is 75.9 Å². The summed E-state index contributed by atoms with van der Waals surface area (Å²) < 4.78 is 13.9. The van der Waals surface area contributed by atoms with Gasteiger partial charge in [-0.1, -0.05) is 15.9 Å². The van der Waals surface area contributed by atoms with Gasteiger partial charge in [0, 0.05) is 15.8 Å². The number of rotatable bonds is 4. The summed E-state index contributed by atoms with van der Waals surface area (Å²) in [6.45, 7) is 0. The second kappa shape index (κ2) is 6.62. The molecule has 0 bridgehead atoms. The molecule has 0 aliphatic rings. The Labute approximate surface area is 140 Å². The zero-order valence-corrected chi connectivity index (χ0v) is 13.5. The minimum atomic E-state index is -0.302. The highest BCUT2D eigenvalue weighted by Crippen LogP contribution is 2.28. The summed E-state index contributed by atoms with van der Waals surface area (Å²) in [5.74, 6) is 0.641. The molecule has 7 heteroatoms. The quantitative estimate of drug-likeness (QED) is 0.629. The highest BCUT2D eigenvalue weighted by atomic mass is 79.9. The molecule has 0 aliphatic carbocycles. The van der Waals surface area contributed by atoms with E-state index in [0.717, 1.165) is 10.2 Å². The van der Waals surface area contributed by atoms with Gasteiger partial charge in [-0.15, -0.1) is 0 Å². The number of anilines is 5. The van der Waals surface area contributed by atoms with Crippen molar-refractivity contribution in [2.45, 2.75) is 0 Å². The number of hydrogen-bond donors (Lipinski definition) is 3. The van der Waals surface area contributed by atoms with Gasteiger partial charge >= 0.3 is 0 Å². The highest BCUT2D eigenvalue weighted by molar-refractivity contribution is 9.10. The van der Waals surface area contributed by atoms with E-state index in [9.17, 15) is 4.39 Å². The van der Waals surface area contributed by atoms with E-state index in [1.165, 1.54) is 18.5 Å². The molecule has 23 heavy (non-hydrogen) atoms. The van der Waals surface area contributed by atoms with Crippen molar-refractivity contribution in [1.82, 2.24) is 9.97 Å². The number of nitrogens with one attached hydrogen (secondary N) is 2. The third-order valence-electron chi connectivity index (χ3n) is 3.10. The highest BCUT2D eigenvalue weighted by Gasteiger charge is 2.09. The van der Waals surface area contributed by atoms with Crippen molar-refractivity contribution < 1.29 is 4.39 Å². The summed E-state index contributed by atoms with van der Waals surface area (Å²) in [5, 5.41) is 6.18. The lowest BCUT2D eigenvalue weighted by Crippen LogP contribution is -2.05. The van der Waals surface area contributed by atoms with Crippen molar-refractivity contribution in [2.75, 3.05) is 16.4 Å². The van der Waals surface area contributed by atoms with E-state index in [4.69, 9.17) is 5.73 Å². The van der Waals surface area contributed by atoms with Crippen molar-refractivity contribution in [1.29, 1.82) is 0 Å². The first kappa shape index (κ1) is 15.2. The largest absolute Gasteiger partial charge is 0.393 e. The normalized spacial score (nSPS) is 10.3. The summed E-state index contributed by atoms with van der Waals surface area (Å²) in [4.78, 5) is 8.28. The molecule has 0 saturated heterocycles. The first-order valence-electron chi connectivity index (χ1n) is 6.77. The van der Waals surface area contributed by atoms with Gasteiger partial charge in [-0.2, -0.15) is 0 Å². The smallest absolute Gasteiger partial charge is 0.159 e. The molecule has 3 aromatic rings. The third-order valence-corrected chi connectivity index (χ3v) is 3.63. The number of nitrogens with two attached hydrogens (primary N) is 1. The molecule has 5 nitrogen and oxygen atoms in total. The van der Waals surface area contributed by atoms with Gasteiger partial charge in [0.05, 0.1) is 0 Å². The summed E-state index contributed by atoms with van der Waals surface area (Å²) in [7, 11) is 0. The Hall–Kier alpha value is -2.67. The molecule has 1 aromatic heterocycles. The molecule has 0 spiro atoms. The fourth-order valence-corrected chi connectivity index (χ4v) is 2.20. The maximum absolute atomic E-state index is 12.9. The standard InChI is InChI=1S/C16H13BrFN5/c17-10-1-5-12(6-2-10)22-15-14(19)16(21-9-20-15)23-13-7-3-11(18)4-8-13/h1-9H,19H2,(H2,20,21,22,23). The van der Waals surface area contributed by atoms with Crippen LogP contribution in [0.5, 0.6) is 0 Å². The van der Waals surface area contributed by atoms with Crippen LogP contribution >= 0.6 is 15.9 Å². The average Bonchev–Trinajstić information content (AvgIpc) is 2.55. The molecule has 1 heterocycles. The van der Waals surface area contributed by atoms with Gasteiger partial charge in [0.15, 0.2) is 11.6 Å².